The topological polar surface area (TPSA) is 121 Å². The number of esters is 2. The van der Waals surface area contributed by atoms with Gasteiger partial charge in [0.25, 0.3) is 0 Å². The lowest BCUT2D eigenvalue weighted by Crippen LogP contribution is -2.78. The van der Waals surface area contributed by atoms with Gasteiger partial charge in [0.2, 0.25) is 5.91 Å². The van der Waals surface area contributed by atoms with E-state index in [9.17, 15) is 14.4 Å². The van der Waals surface area contributed by atoms with Gasteiger partial charge in [0.1, 0.15) is 17.2 Å². The molecule has 2 aromatic carbocycles. The minimum atomic E-state index is -0.521. The number of hydrogen-bond acceptors (Lipinski definition) is 10. The quantitative estimate of drug-likeness (QED) is 0.227. The highest BCUT2D eigenvalue weighted by Crippen LogP contribution is 2.76. The molecule has 12 atom stereocenters. The van der Waals surface area contributed by atoms with Crippen LogP contribution in [0.1, 0.15) is 81.3 Å². The first kappa shape index (κ1) is 37.4. The molecule has 2 saturated carbocycles. The monoisotopic (exact) mass is 804 g/mol. The van der Waals surface area contributed by atoms with E-state index in [0.717, 1.165) is 82.5 Å². The molecular formula is C47H56N4O8. The molecule has 3 unspecified atom stereocenters. The van der Waals surface area contributed by atoms with E-state index < -0.39 is 22.6 Å². The van der Waals surface area contributed by atoms with Gasteiger partial charge in [0, 0.05) is 77.3 Å². The average molecular weight is 805 g/mol. The van der Waals surface area contributed by atoms with Gasteiger partial charge in [-0.05, 0) is 80.7 Å². The Morgan fingerprint density at radius 2 is 1.75 bits per heavy atom. The van der Waals surface area contributed by atoms with Crippen LogP contribution in [0.4, 0.5) is 5.69 Å². The number of aryl methyl sites for hydroxylation is 1. The van der Waals surface area contributed by atoms with Crippen LogP contribution in [0.5, 0.6) is 11.5 Å². The number of benzene rings is 2. The number of aromatic nitrogens is 1. The van der Waals surface area contributed by atoms with Gasteiger partial charge >= 0.3 is 11.9 Å². The SMILES string of the molecule is C/C=C1/CN2CC[C@]34c5cc(OC)c(-c6cc7c8c(n(C)c7cc6OC)[C@@H]6[C@@H]7[C@@H]([C@@H]9[C@H](C)OC97CN6C(=O)C(C)C)[C@H]8C(=O)OC)c(C)c5N[C@@]23CCC1[C@@H]4C(=O)OC. The number of fused-ring (bicyclic) bond motifs is 8. The second-order valence-corrected chi connectivity index (χ2v) is 19.0. The molecule has 7 heterocycles. The van der Waals surface area contributed by atoms with Crippen molar-refractivity contribution < 1.29 is 38.1 Å². The summed E-state index contributed by atoms with van der Waals surface area (Å²) < 4.78 is 32.8. The van der Waals surface area contributed by atoms with Crippen molar-refractivity contribution in [3.8, 4) is 22.6 Å². The summed E-state index contributed by atoms with van der Waals surface area (Å²) in [4.78, 5) is 47.0. The van der Waals surface area contributed by atoms with Crippen molar-refractivity contribution in [1.82, 2.24) is 14.4 Å². The third kappa shape index (κ3) is 4.03. The molecule has 1 N–H and O–H groups in total. The van der Waals surface area contributed by atoms with Crippen molar-refractivity contribution in [2.24, 2.45) is 42.6 Å². The molecule has 9 aliphatic rings. The minimum Gasteiger partial charge on any atom is -0.496 e. The van der Waals surface area contributed by atoms with Crippen molar-refractivity contribution in [2.75, 3.05) is 53.4 Å². The number of allylic oxidation sites excluding steroid dienone is 1. The van der Waals surface area contributed by atoms with Crippen molar-refractivity contribution in [1.29, 1.82) is 0 Å². The molecule has 12 nitrogen and oxygen atoms in total. The summed E-state index contributed by atoms with van der Waals surface area (Å²) in [5.74, 6) is 0.218. The van der Waals surface area contributed by atoms with Gasteiger partial charge in [-0.2, -0.15) is 0 Å². The smallest absolute Gasteiger partial charge is 0.313 e. The van der Waals surface area contributed by atoms with Gasteiger partial charge < -0.3 is 38.5 Å². The van der Waals surface area contributed by atoms with Crippen LogP contribution in [0.15, 0.2) is 29.8 Å². The number of likely N-dealkylation sites (tertiary alicyclic amines) is 1. The number of rotatable bonds is 6. The van der Waals surface area contributed by atoms with Crippen LogP contribution >= 0.6 is 0 Å². The number of amides is 1. The lowest BCUT2D eigenvalue weighted by molar-refractivity contribution is -0.360. The number of carbonyl (C=O) groups excluding carboxylic acids is 3. The van der Waals surface area contributed by atoms with E-state index in [2.05, 4.69) is 64.7 Å². The summed E-state index contributed by atoms with van der Waals surface area (Å²) in [6, 6.07) is 6.20. The Morgan fingerprint density at radius 3 is 2.41 bits per heavy atom. The third-order valence-electron chi connectivity index (χ3n) is 17.1. The third-order valence-corrected chi connectivity index (χ3v) is 17.1. The molecule has 6 aliphatic heterocycles. The van der Waals surface area contributed by atoms with Crippen LogP contribution in [0, 0.1) is 42.4 Å². The number of nitrogens with zero attached hydrogens (tertiary/aromatic N) is 3. The Hall–Kier alpha value is -4.55. The first-order valence-corrected chi connectivity index (χ1v) is 21.6. The first-order chi connectivity index (χ1) is 28.3. The highest BCUT2D eigenvalue weighted by Gasteiger charge is 2.82. The summed E-state index contributed by atoms with van der Waals surface area (Å²) >= 11 is 0. The molecule has 0 radical (unpaired) electrons. The molecule has 4 bridgehead atoms. The Balaban J connectivity index is 1.14. The minimum absolute atomic E-state index is 0.0112. The molecule has 3 aromatic rings. The number of anilines is 1. The van der Waals surface area contributed by atoms with Gasteiger partial charge in [-0.1, -0.05) is 25.5 Å². The summed E-state index contributed by atoms with van der Waals surface area (Å²) in [7, 11) is 8.45. The number of carbonyl (C=O) groups is 3. The summed E-state index contributed by atoms with van der Waals surface area (Å²) in [5.41, 5.74) is 7.65. The molecule has 2 spiro atoms. The second kappa shape index (κ2) is 12.1. The van der Waals surface area contributed by atoms with E-state index >= 15 is 0 Å². The van der Waals surface area contributed by atoms with Crippen LogP contribution in [0.3, 0.4) is 0 Å². The van der Waals surface area contributed by atoms with E-state index in [4.69, 9.17) is 23.7 Å². The standard InChI is InChI=1S/C47H56N4O8/c1-11-24-19-50-15-14-45-28-17-31(56-8)32(22(4)39(28)48-47(45,50)13-12-25(24)37(45)44(54)58-10)27-16-26-29(18-30(27)55-7)49(6)40-33(26)34(43(53)57-9)35-36-23(5)59-46(36)20-51(41(40)38(35)46)42(52)21(2)3/h11,16-18,21,23,25,34-38,41,48H,12-15,19-20H2,1-10H3/b24-11-/t23-,25?,34-,35+,36-,37+,38-,41-,45+,46?,47-/m0/s1. The average Bonchev–Trinajstić information content (AvgIpc) is 3.86. The maximum absolute atomic E-state index is 14.2. The molecule has 1 amide bonds. The molecule has 5 saturated heterocycles. The zero-order chi connectivity index (χ0) is 41.4. The maximum atomic E-state index is 14.2. The molecule has 312 valence electrons. The van der Waals surface area contributed by atoms with Crippen LogP contribution in [-0.4, -0.2) is 97.7 Å². The van der Waals surface area contributed by atoms with E-state index in [0.29, 0.717) is 18.0 Å². The molecule has 3 aliphatic carbocycles. The number of ether oxygens (including phenoxy) is 5. The lowest BCUT2D eigenvalue weighted by Gasteiger charge is -2.70. The Kier molecular flexibility index (Phi) is 7.65. The van der Waals surface area contributed by atoms with Crippen LogP contribution in [0.25, 0.3) is 22.0 Å². The molecular weight excluding hydrogens is 749 g/mol. The predicted octanol–water partition coefficient (Wildman–Crippen LogP) is 6.22. The van der Waals surface area contributed by atoms with Gasteiger partial charge in [0.05, 0.1) is 70.1 Å². The molecule has 12 heteroatoms. The zero-order valence-corrected chi connectivity index (χ0v) is 35.9. The summed E-state index contributed by atoms with van der Waals surface area (Å²) in [5, 5.41) is 5.07. The van der Waals surface area contributed by atoms with Crippen molar-refractivity contribution >= 4 is 34.4 Å². The normalized spacial score (nSPS) is 38.1. The van der Waals surface area contributed by atoms with E-state index in [-0.39, 0.29) is 65.5 Å². The Labute approximate surface area is 345 Å². The highest BCUT2D eigenvalue weighted by molar-refractivity contribution is 6.00. The van der Waals surface area contributed by atoms with Gasteiger partial charge in [-0.3, -0.25) is 19.3 Å². The Bertz CT molecular complexity index is 2450. The summed E-state index contributed by atoms with van der Waals surface area (Å²) in [6.45, 7) is 12.5. The van der Waals surface area contributed by atoms with E-state index in [1.807, 2.05) is 20.9 Å². The van der Waals surface area contributed by atoms with Gasteiger partial charge in [-0.25, -0.2) is 0 Å². The lowest BCUT2D eigenvalue weighted by atomic mass is 9.42. The Morgan fingerprint density at radius 1 is 1.00 bits per heavy atom. The number of nitrogens with one attached hydrogen (secondary N) is 1. The van der Waals surface area contributed by atoms with Crippen LogP contribution < -0.4 is 14.8 Å². The maximum Gasteiger partial charge on any atom is 0.313 e. The fourth-order valence-electron chi connectivity index (χ4n) is 15.1. The fraction of sp³-hybridized carbons (Fsp3) is 0.596. The van der Waals surface area contributed by atoms with Gasteiger partial charge in [-0.15, -0.1) is 0 Å². The van der Waals surface area contributed by atoms with Crippen LogP contribution in [-0.2, 0) is 41.1 Å². The largest absolute Gasteiger partial charge is 0.496 e. The second-order valence-electron chi connectivity index (χ2n) is 19.0. The van der Waals surface area contributed by atoms with E-state index in [1.165, 1.54) is 19.8 Å². The van der Waals surface area contributed by atoms with E-state index in [1.54, 1.807) is 14.2 Å². The number of methoxy groups -OCH3 is 4. The highest BCUT2D eigenvalue weighted by atomic mass is 16.5. The van der Waals surface area contributed by atoms with Crippen molar-refractivity contribution in [3.63, 3.8) is 0 Å². The van der Waals surface area contributed by atoms with Gasteiger partial charge in [0.15, 0.2) is 0 Å². The predicted molar refractivity (Wildman–Crippen MR) is 220 cm³/mol. The first-order valence-electron chi connectivity index (χ1n) is 21.6. The van der Waals surface area contributed by atoms with Crippen molar-refractivity contribution in [3.05, 3.63) is 52.2 Å². The molecule has 59 heavy (non-hydrogen) atoms. The molecule has 7 fully saturated rings. The molecule has 12 rings (SSSR count). The molecule has 1 aromatic heterocycles. The fourth-order valence-corrected chi connectivity index (χ4v) is 15.1. The number of hydrogen-bond donors (Lipinski definition) is 1. The zero-order valence-electron chi connectivity index (χ0n) is 35.9. The van der Waals surface area contributed by atoms with Crippen molar-refractivity contribution in [2.45, 2.75) is 88.6 Å². The van der Waals surface area contributed by atoms with Crippen LogP contribution in [0.2, 0.25) is 0 Å². The summed E-state index contributed by atoms with van der Waals surface area (Å²) in [6.07, 6.45) is 4.86.